The molecule has 12 heteroatoms. The maximum absolute atomic E-state index is 13.5. The number of amides is 1. The Morgan fingerprint density at radius 1 is 1.12 bits per heavy atom. The number of aryl methyl sites for hydroxylation is 1. The van der Waals surface area contributed by atoms with Gasteiger partial charge in [-0.05, 0) is 60.6 Å². The van der Waals surface area contributed by atoms with Crippen LogP contribution in [0, 0.1) is 6.92 Å². The molecule has 4 aromatic rings. The number of hydrogen-bond donors (Lipinski definition) is 2. The zero-order valence-electron chi connectivity index (χ0n) is 25.2. The summed E-state index contributed by atoms with van der Waals surface area (Å²) in [5.41, 5.74) is 4.77. The molecule has 0 aliphatic heterocycles. The van der Waals surface area contributed by atoms with E-state index in [4.69, 9.17) is 4.74 Å². The molecule has 5 rings (SSSR count). The van der Waals surface area contributed by atoms with Crippen LogP contribution in [-0.4, -0.2) is 52.2 Å². The van der Waals surface area contributed by atoms with E-state index in [1.165, 1.54) is 7.11 Å². The predicted molar refractivity (Wildman–Crippen MR) is 163 cm³/mol. The Bertz CT molecular complexity index is 1790. The fourth-order valence-corrected chi connectivity index (χ4v) is 5.51. The van der Waals surface area contributed by atoms with E-state index < -0.39 is 10.0 Å². The van der Waals surface area contributed by atoms with Gasteiger partial charge in [-0.2, -0.15) is 0 Å². The number of benzene rings is 2. The highest BCUT2D eigenvalue weighted by Gasteiger charge is 2.43. The van der Waals surface area contributed by atoms with Crippen molar-refractivity contribution in [2.24, 2.45) is 7.05 Å². The molecule has 0 bridgehead atoms. The molecule has 2 N–H and O–H groups in total. The fraction of sp³-hybridized carbons (Fsp3) is 0.400. The van der Waals surface area contributed by atoms with Gasteiger partial charge in [0.15, 0.2) is 5.75 Å². The van der Waals surface area contributed by atoms with E-state index >= 15 is 0 Å². The molecule has 222 valence electrons. The predicted octanol–water partition coefficient (Wildman–Crippen LogP) is 4.96. The van der Waals surface area contributed by atoms with Crippen LogP contribution in [0.15, 0.2) is 42.7 Å². The molecule has 2 heterocycles. The van der Waals surface area contributed by atoms with E-state index in [0.717, 1.165) is 41.7 Å². The number of carbonyl (C=O) groups is 1. The summed E-state index contributed by atoms with van der Waals surface area (Å²) in [6.07, 6.45) is 6.98. The van der Waals surface area contributed by atoms with Gasteiger partial charge in [0.05, 0.1) is 48.5 Å². The molecular formula is C30H37N7O4S. The third kappa shape index (κ3) is 5.76. The van der Waals surface area contributed by atoms with Gasteiger partial charge in [0.1, 0.15) is 11.5 Å². The van der Waals surface area contributed by atoms with Crippen molar-refractivity contribution in [2.45, 2.75) is 58.3 Å². The third-order valence-electron chi connectivity index (χ3n) is 7.70. The van der Waals surface area contributed by atoms with Crippen LogP contribution in [0.1, 0.15) is 67.8 Å². The molecule has 0 saturated heterocycles. The van der Waals surface area contributed by atoms with E-state index in [2.05, 4.69) is 36.8 Å². The first-order valence-electron chi connectivity index (χ1n) is 13.7. The normalized spacial score (nSPS) is 14.5. The van der Waals surface area contributed by atoms with Crippen LogP contribution in [0.5, 0.6) is 5.75 Å². The molecule has 42 heavy (non-hydrogen) atoms. The highest BCUT2D eigenvalue weighted by atomic mass is 32.2. The highest BCUT2D eigenvalue weighted by Crippen LogP contribution is 2.47. The van der Waals surface area contributed by atoms with E-state index in [1.54, 1.807) is 28.9 Å². The largest absolute Gasteiger partial charge is 0.492 e. The number of sulfonamides is 1. The highest BCUT2D eigenvalue weighted by molar-refractivity contribution is 7.92. The van der Waals surface area contributed by atoms with Crippen LogP contribution >= 0.6 is 0 Å². The number of hydrogen-bond acceptors (Lipinski definition) is 7. The van der Waals surface area contributed by atoms with E-state index in [1.807, 2.05) is 53.2 Å². The first-order chi connectivity index (χ1) is 19.6. The lowest BCUT2D eigenvalue weighted by molar-refractivity contribution is 0.102. The van der Waals surface area contributed by atoms with Crippen LogP contribution in [-0.2, 0) is 27.9 Å². The molecular weight excluding hydrogens is 554 g/mol. The summed E-state index contributed by atoms with van der Waals surface area (Å²) in [7, 11) is -0.174. The minimum absolute atomic E-state index is 0.123. The molecule has 1 saturated carbocycles. The van der Waals surface area contributed by atoms with Gasteiger partial charge in [-0.3, -0.25) is 9.52 Å². The molecule has 1 fully saturated rings. The Morgan fingerprint density at radius 2 is 1.81 bits per heavy atom. The molecule has 11 nitrogen and oxygen atoms in total. The Morgan fingerprint density at radius 3 is 2.43 bits per heavy atom. The molecule has 0 spiro atoms. The van der Waals surface area contributed by atoms with Gasteiger partial charge in [0, 0.05) is 18.0 Å². The number of imidazole rings is 1. The van der Waals surface area contributed by atoms with Crippen molar-refractivity contribution in [3.63, 3.8) is 0 Å². The summed E-state index contributed by atoms with van der Waals surface area (Å²) >= 11 is 0. The van der Waals surface area contributed by atoms with Crippen LogP contribution in [0.3, 0.4) is 0 Å². The maximum Gasteiger partial charge on any atom is 0.255 e. The Balaban J connectivity index is 1.47. The minimum atomic E-state index is -3.60. The molecule has 2 aromatic carbocycles. The molecule has 1 aliphatic rings. The second-order valence-corrected chi connectivity index (χ2v) is 14.1. The molecule has 1 amide bonds. The van der Waals surface area contributed by atoms with Crippen LogP contribution in [0.4, 0.5) is 11.4 Å². The van der Waals surface area contributed by atoms with Gasteiger partial charge in [0.25, 0.3) is 5.91 Å². The maximum atomic E-state index is 13.5. The second kappa shape index (κ2) is 10.3. The van der Waals surface area contributed by atoms with Gasteiger partial charge in [-0.25, -0.2) is 18.1 Å². The van der Waals surface area contributed by atoms with Crippen LogP contribution < -0.4 is 14.8 Å². The lowest BCUT2D eigenvalue weighted by Crippen LogP contribution is -2.18. The van der Waals surface area contributed by atoms with Crippen molar-refractivity contribution in [2.75, 3.05) is 23.4 Å². The van der Waals surface area contributed by atoms with Gasteiger partial charge < -0.3 is 14.6 Å². The number of nitrogens with one attached hydrogen (secondary N) is 2. The topological polar surface area (TPSA) is 133 Å². The van der Waals surface area contributed by atoms with Gasteiger partial charge in [-0.15, -0.1) is 5.10 Å². The first kappa shape index (κ1) is 29.3. The van der Waals surface area contributed by atoms with Crippen LogP contribution in [0.25, 0.3) is 17.1 Å². The number of nitrogens with zero attached hydrogens (tertiary/aromatic N) is 5. The SMILES string of the molecule is COc1c(NC(=O)c2ccc(C)c(-n3cc(-c4cnc(C5(C)CC5)n4C)nn3)c2)cc(C(C)(C)C)cc1NS(C)(=O)=O. The summed E-state index contributed by atoms with van der Waals surface area (Å²) in [6, 6.07) is 8.84. The van der Waals surface area contributed by atoms with Crippen molar-refractivity contribution in [1.29, 1.82) is 0 Å². The summed E-state index contributed by atoms with van der Waals surface area (Å²) in [5.74, 6) is 0.869. The third-order valence-corrected chi connectivity index (χ3v) is 8.30. The molecule has 0 unspecified atom stereocenters. The molecule has 2 aromatic heterocycles. The minimum Gasteiger partial charge on any atom is -0.492 e. The number of carbonyl (C=O) groups excluding carboxylic acids is 1. The van der Waals surface area contributed by atoms with E-state index in [-0.39, 0.29) is 28.2 Å². The number of ether oxygens (including phenoxy) is 1. The quantitative estimate of drug-likeness (QED) is 0.296. The summed E-state index contributed by atoms with van der Waals surface area (Å²) in [5, 5.41) is 11.7. The van der Waals surface area contributed by atoms with Gasteiger partial charge >= 0.3 is 0 Å². The number of methoxy groups -OCH3 is 1. The Labute approximate surface area is 246 Å². The zero-order valence-corrected chi connectivity index (χ0v) is 26.0. The second-order valence-electron chi connectivity index (χ2n) is 12.3. The first-order valence-corrected chi connectivity index (χ1v) is 15.6. The van der Waals surface area contributed by atoms with Crippen molar-refractivity contribution < 1.29 is 17.9 Å². The van der Waals surface area contributed by atoms with E-state index in [0.29, 0.717) is 22.6 Å². The average Bonchev–Trinajstić information content (AvgIpc) is 3.27. The number of anilines is 2. The van der Waals surface area contributed by atoms with Crippen molar-refractivity contribution in [3.05, 3.63) is 65.2 Å². The number of rotatable bonds is 8. The van der Waals surface area contributed by atoms with Gasteiger partial charge in [-0.1, -0.05) is 39.0 Å². The van der Waals surface area contributed by atoms with Crippen LogP contribution in [0.2, 0.25) is 0 Å². The van der Waals surface area contributed by atoms with E-state index in [9.17, 15) is 13.2 Å². The zero-order chi connectivity index (χ0) is 30.6. The van der Waals surface area contributed by atoms with Crippen molar-refractivity contribution in [3.8, 4) is 22.8 Å². The Hall–Kier alpha value is -4.19. The standard InChI is InChI=1S/C30H37N7O4S/c1-18-9-10-19(13-24(18)37-17-23(33-35-37)25-16-31-28(36(25)6)30(5)11-12-30)27(38)32-21-14-20(29(2,3)4)15-22(26(21)41-7)34-42(8,39)40/h9-10,13-17,34H,11-12H2,1-8H3,(H,32,38). The smallest absolute Gasteiger partial charge is 0.255 e. The number of aromatic nitrogens is 5. The fourth-order valence-electron chi connectivity index (χ4n) is 4.96. The van der Waals surface area contributed by atoms with Crippen molar-refractivity contribution in [1.82, 2.24) is 24.5 Å². The van der Waals surface area contributed by atoms with Gasteiger partial charge in [0.2, 0.25) is 10.0 Å². The molecule has 0 atom stereocenters. The Kier molecular flexibility index (Phi) is 7.16. The lowest BCUT2D eigenvalue weighted by Gasteiger charge is -2.24. The molecule has 1 aliphatic carbocycles. The summed E-state index contributed by atoms with van der Waals surface area (Å²) in [4.78, 5) is 18.2. The summed E-state index contributed by atoms with van der Waals surface area (Å²) in [6.45, 7) is 10.2. The summed E-state index contributed by atoms with van der Waals surface area (Å²) < 4.78 is 35.9. The van der Waals surface area contributed by atoms with Crippen molar-refractivity contribution >= 4 is 27.3 Å². The average molecular weight is 592 g/mol. The molecule has 0 radical (unpaired) electrons. The monoisotopic (exact) mass is 591 g/mol. The lowest BCUT2D eigenvalue weighted by atomic mass is 9.86.